The van der Waals surface area contributed by atoms with Crippen LogP contribution in [0.15, 0.2) is 12.3 Å². The number of carbonyl (C=O) groups excluding carboxylic acids is 1. The summed E-state index contributed by atoms with van der Waals surface area (Å²) in [5.74, 6) is 0.645. The lowest BCUT2D eigenvalue weighted by molar-refractivity contribution is 0.0162. The SMILES string of the molecule is Cc1nn(CCO)c2ncc(C(=O)N(C)C3CN4CCC3CC4)cc12. The molecule has 2 aromatic heterocycles. The van der Waals surface area contributed by atoms with E-state index in [4.69, 9.17) is 5.11 Å². The monoisotopic (exact) mass is 343 g/mol. The van der Waals surface area contributed by atoms with Gasteiger partial charge in [0.05, 0.1) is 24.4 Å². The second-order valence-electron chi connectivity index (χ2n) is 7.25. The van der Waals surface area contributed by atoms with Gasteiger partial charge in [0.25, 0.3) is 5.91 Å². The Morgan fingerprint density at radius 3 is 2.80 bits per heavy atom. The van der Waals surface area contributed by atoms with E-state index in [1.54, 1.807) is 10.9 Å². The highest BCUT2D eigenvalue weighted by Gasteiger charge is 2.38. The standard InChI is InChI=1S/C18H25N5O2/c1-12-15-9-14(10-19-17(15)23(20-12)7-8-24)18(25)21(2)16-11-22-5-3-13(16)4-6-22/h9-10,13,16,24H,3-8,11H2,1-2H3. The van der Waals surface area contributed by atoms with E-state index < -0.39 is 0 Å². The number of aliphatic hydroxyl groups is 1. The van der Waals surface area contributed by atoms with Crippen LogP contribution in [0.3, 0.4) is 0 Å². The molecule has 3 aliphatic rings. The molecule has 1 N–H and O–H groups in total. The average molecular weight is 343 g/mol. The number of aryl methyl sites for hydroxylation is 1. The molecule has 3 fully saturated rings. The Balaban J connectivity index is 1.60. The summed E-state index contributed by atoms with van der Waals surface area (Å²) in [5, 5.41) is 14.4. The van der Waals surface area contributed by atoms with Gasteiger partial charge in [-0.15, -0.1) is 0 Å². The third-order valence-electron chi connectivity index (χ3n) is 5.77. The summed E-state index contributed by atoms with van der Waals surface area (Å²) >= 11 is 0. The Bertz CT molecular complexity index is 794. The number of piperidine rings is 3. The fourth-order valence-corrected chi connectivity index (χ4v) is 4.31. The van der Waals surface area contributed by atoms with E-state index in [1.165, 1.54) is 25.9 Å². The molecule has 0 aliphatic carbocycles. The number of nitrogens with zero attached hydrogens (tertiary/aromatic N) is 5. The number of pyridine rings is 1. The summed E-state index contributed by atoms with van der Waals surface area (Å²) in [5.41, 5.74) is 2.16. The molecule has 7 heteroatoms. The first-order valence-electron chi connectivity index (χ1n) is 9.02. The fourth-order valence-electron chi connectivity index (χ4n) is 4.31. The van der Waals surface area contributed by atoms with Crippen molar-refractivity contribution in [1.82, 2.24) is 24.6 Å². The van der Waals surface area contributed by atoms with E-state index in [9.17, 15) is 4.79 Å². The quantitative estimate of drug-likeness (QED) is 0.893. The minimum absolute atomic E-state index is 0.0148. The molecule has 0 saturated carbocycles. The molecule has 1 amide bonds. The van der Waals surface area contributed by atoms with Crippen molar-refractivity contribution in [1.29, 1.82) is 0 Å². The maximum atomic E-state index is 13.0. The molecule has 134 valence electrons. The van der Waals surface area contributed by atoms with E-state index in [0.717, 1.165) is 17.6 Å². The van der Waals surface area contributed by atoms with Crippen LogP contribution in [0.1, 0.15) is 28.9 Å². The van der Waals surface area contributed by atoms with Gasteiger partial charge in [0, 0.05) is 31.2 Å². The zero-order valence-electron chi connectivity index (χ0n) is 14.9. The molecule has 0 radical (unpaired) electrons. The normalized spacial score (nSPS) is 25.5. The molecule has 1 atom stereocenters. The van der Waals surface area contributed by atoms with Gasteiger partial charge in [0.1, 0.15) is 0 Å². The van der Waals surface area contributed by atoms with E-state index in [1.807, 2.05) is 24.9 Å². The number of aromatic nitrogens is 3. The fraction of sp³-hybridized carbons (Fsp3) is 0.611. The summed E-state index contributed by atoms with van der Waals surface area (Å²) in [6.07, 6.45) is 4.01. The Kier molecular flexibility index (Phi) is 4.21. The molecule has 7 nitrogen and oxygen atoms in total. The second kappa shape index (κ2) is 6.38. The minimum atomic E-state index is 0.0148. The largest absolute Gasteiger partial charge is 0.394 e. The van der Waals surface area contributed by atoms with Gasteiger partial charge >= 0.3 is 0 Å². The van der Waals surface area contributed by atoms with Crippen LogP contribution >= 0.6 is 0 Å². The highest BCUT2D eigenvalue weighted by Crippen LogP contribution is 2.31. The zero-order chi connectivity index (χ0) is 17.6. The van der Waals surface area contributed by atoms with E-state index in [-0.39, 0.29) is 12.5 Å². The van der Waals surface area contributed by atoms with Gasteiger partial charge in [-0.1, -0.05) is 0 Å². The summed E-state index contributed by atoms with van der Waals surface area (Å²) in [6.45, 7) is 5.64. The lowest BCUT2D eigenvalue weighted by atomic mass is 9.83. The van der Waals surface area contributed by atoms with E-state index in [0.29, 0.717) is 29.7 Å². The Morgan fingerprint density at radius 1 is 1.40 bits per heavy atom. The van der Waals surface area contributed by atoms with Gasteiger partial charge < -0.3 is 14.9 Å². The molecule has 2 aromatic rings. The number of carbonyl (C=O) groups is 1. The lowest BCUT2D eigenvalue weighted by Gasteiger charge is -2.48. The van der Waals surface area contributed by atoms with Crippen LogP contribution in [-0.2, 0) is 6.54 Å². The van der Waals surface area contributed by atoms with Crippen LogP contribution in [0, 0.1) is 12.8 Å². The molecule has 5 rings (SSSR count). The number of fused-ring (bicyclic) bond motifs is 4. The first-order chi connectivity index (χ1) is 12.1. The topological polar surface area (TPSA) is 74.5 Å². The number of aliphatic hydroxyl groups excluding tert-OH is 1. The van der Waals surface area contributed by atoms with Crippen molar-refractivity contribution >= 4 is 16.9 Å². The molecular formula is C18H25N5O2. The Labute approximate surface area is 147 Å². The molecule has 3 saturated heterocycles. The second-order valence-corrected chi connectivity index (χ2v) is 7.25. The van der Waals surface area contributed by atoms with Crippen molar-refractivity contribution in [2.45, 2.75) is 32.4 Å². The average Bonchev–Trinajstić information content (AvgIpc) is 2.97. The van der Waals surface area contributed by atoms with Gasteiger partial charge in [-0.25, -0.2) is 9.67 Å². The van der Waals surface area contributed by atoms with Crippen molar-refractivity contribution < 1.29 is 9.90 Å². The Morgan fingerprint density at radius 2 is 2.16 bits per heavy atom. The third-order valence-corrected chi connectivity index (χ3v) is 5.77. The lowest BCUT2D eigenvalue weighted by Crippen LogP contribution is -2.57. The van der Waals surface area contributed by atoms with E-state index >= 15 is 0 Å². The molecule has 25 heavy (non-hydrogen) atoms. The van der Waals surface area contributed by atoms with Crippen molar-refractivity contribution in [2.24, 2.45) is 5.92 Å². The van der Waals surface area contributed by atoms with Crippen molar-refractivity contribution in [3.05, 3.63) is 23.5 Å². The molecule has 1 unspecified atom stereocenters. The number of hydrogen-bond donors (Lipinski definition) is 1. The summed E-state index contributed by atoms with van der Waals surface area (Å²) < 4.78 is 1.69. The van der Waals surface area contributed by atoms with Gasteiger partial charge in [-0.3, -0.25) is 4.79 Å². The summed E-state index contributed by atoms with van der Waals surface area (Å²) in [4.78, 5) is 21.8. The first-order valence-corrected chi connectivity index (χ1v) is 9.02. The van der Waals surface area contributed by atoms with Crippen molar-refractivity contribution in [3.63, 3.8) is 0 Å². The highest BCUT2D eigenvalue weighted by atomic mass is 16.3. The maximum Gasteiger partial charge on any atom is 0.255 e. The predicted octanol–water partition coefficient (Wildman–Crippen LogP) is 0.898. The first kappa shape index (κ1) is 16.5. The minimum Gasteiger partial charge on any atom is -0.394 e. The number of rotatable bonds is 4. The number of amides is 1. The predicted molar refractivity (Wildman–Crippen MR) is 94.4 cm³/mol. The number of likely N-dealkylation sites (N-methyl/N-ethyl adjacent to an activating group) is 1. The van der Waals surface area contributed by atoms with Gasteiger partial charge in [0.2, 0.25) is 0 Å². The van der Waals surface area contributed by atoms with Crippen LogP contribution in [0.4, 0.5) is 0 Å². The summed E-state index contributed by atoms with van der Waals surface area (Å²) in [6, 6.07) is 2.18. The van der Waals surface area contributed by atoms with Crippen LogP contribution in [0.2, 0.25) is 0 Å². The number of hydrogen-bond acceptors (Lipinski definition) is 5. The zero-order valence-corrected chi connectivity index (χ0v) is 14.9. The van der Waals surface area contributed by atoms with Gasteiger partial charge in [-0.05, 0) is 44.8 Å². The molecule has 0 spiro atoms. The summed E-state index contributed by atoms with van der Waals surface area (Å²) in [7, 11) is 1.92. The molecule has 3 aliphatic heterocycles. The van der Waals surface area contributed by atoms with Crippen LogP contribution in [-0.4, -0.2) is 74.9 Å². The van der Waals surface area contributed by atoms with Gasteiger partial charge in [-0.2, -0.15) is 5.10 Å². The highest BCUT2D eigenvalue weighted by molar-refractivity contribution is 5.97. The van der Waals surface area contributed by atoms with Crippen LogP contribution in [0.5, 0.6) is 0 Å². The van der Waals surface area contributed by atoms with E-state index in [2.05, 4.69) is 15.0 Å². The smallest absolute Gasteiger partial charge is 0.255 e. The van der Waals surface area contributed by atoms with Crippen LogP contribution < -0.4 is 0 Å². The third kappa shape index (κ3) is 2.81. The molecule has 0 aromatic carbocycles. The van der Waals surface area contributed by atoms with Crippen molar-refractivity contribution in [3.8, 4) is 0 Å². The molecule has 5 heterocycles. The van der Waals surface area contributed by atoms with Crippen molar-refractivity contribution in [2.75, 3.05) is 33.3 Å². The maximum absolute atomic E-state index is 13.0. The molecule has 2 bridgehead atoms. The van der Waals surface area contributed by atoms with Gasteiger partial charge in [0.15, 0.2) is 5.65 Å². The molecular weight excluding hydrogens is 318 g/mol. The Hall–Kier alpha value is -1.99. The van der Waals surface area contributed by atoms with Crippen LogP contribution in [0.25, 0.3) is 11.0 Å².